The van der Waals surface area contributed by atoms with Gasteiger partial charge < -0.3 is 4.74 Å². The Kier molecular flexibility index (Phi) is 5.33. The minimum absolute atomic E-state index is 0.0731. The molecule has 156 valence electrons. The number of benzene rings is 2. The predicted molar refractivity (Wildman–Crippen MR) is 108 cm³/mol. The summed E-state index contributed by atoms with van der Waals surface area (Å²) in [7, 11) is -4.02. The van der Waals surface area contributed by atoms with Crippen molar-refractivity contribution < 1.29 is 22.9 Å². The fourth-order valence-electron chi connectivity index (χ4n) is 3.40. The third-order valence-corrected chi connectivity index (χ3v) is 6.88. The molecule has 1 heterocycles. The van der Waals surface area contributed by atoms with Crippen LogP contribution >= 0.6 is 0 Å². The largest absolute Gasteiger partial charge is 0.379 e. The normalized spacial score (nSPS) is 18.4. The number of morpholine rings is 1. The molecular weight excluding hydrogens is 412 g/mol. The lowest BCUT2D eigenvalue weighted by molar-refractivity contribution is -0.385. The minimum Gasteiger partial charge on any atom is -0.379 e. The molecule has 2 aromatic rings. The number of nitro groups is 1. The van der Waals surface area contributed by atoms with Gasteiger partial charge in [-0.05, 0) is 6.07 Å². The first kappa shape index (κ1) is 20.1. The Morgan fingerprint density at radius 1 is 1.10 bits per heavy atom. The number of nitrogens with one attached hydrogen (secondary N) is 1. The highest BCUT2D eigenvalue weighted by atomic mass is 32.2. The van der Waals surface area contributed by atoms with Crippen molar-refractivity contribution in [1.82, 2.24) is 4.31 Å². The van der Waals surface area contributed by atoms with Crippen molar-refractivity contribution in [3.8, 4) is 0 Å². The fraction of sp³-hybridized carbons (Fsp3) is 0.263. The minimum atomic E-state index is -4.02. The second kappa shape index (κ2) is 7.94. The number of carbonyl (C=O) groups is 1. The molecule has 1 N–H and O–H groups in total. The van der Waals surface area contributed by atoms with Crippen molar-refractivity contribution in [2.24, 2.45) is 5.10 Å². The number of anilines is 1. The number of rotatable bonds is 5. The van der Waals surface area contributed by atoms with Crippen LogP contribution in [0.15, 0.2) is 52.5 Å². The summed E-state index contributed by atoms with van der Waals surface area (Å²) in [5, 5.41) is 15.4. The Balaban J connectivity index is 1.72. The number of hydrogen-bond donors (Lipinski definition) is 1. The van der Waals surface area contributed by atoms with Crippen molar-refractivity contribution >= 4 is 32.9 Å². The molecule has 0 atom stereocenters. The van der Waals surface area contributed by atoms with Gasteiger partial charge >= 0.3 is 0 Å². The molecule has 10 nitrogen and oxygen atoms in total. The number of non-ortho nitro benzene ring substituents is 1. The third-order valence-electron chi connectivity index (χ3n) is 4.94. The number of carbonyl (C=O) groups excluding carboxylic acids is 1. The van der Waals surface area contributed by atoms with Crippen LogP contribution in [0.2, 0.25) is 0 Å². The van der Waals surface area contributed by atoms with Crippen molar-refractivity contribution in [2.45, 2.75) is 11.3 Å². The molecule has 30 heavy (non-hydrogen) atoms. The first-order valence-electron chi connectivity index (χ1n) is 9.19. The molecule has 1 fully saturated rings. The molecule has 1 aliphatic heterocycles. The molecule has 2 aliphatic rings. The van der Waals surface area contributed by atoms with Gasteiger partial charge in [0.2, 0.25) is 10.0 Å². The lowest BCUT2D eigenvalue weighted by Crippen LogP contribution is -2.40. The summed E-state index contributed by atoms with van der Waals surface area (Å²) in [6.07, 6.45) is 0.0882. The van der Waals surface area contributed by atoms with Gasteiger partial charge in [0, 0.05) is 36.3 Å². The molecule has 1 saturated heterocycles. The molecule has 0 bridgehead atoms. The van der Waals surface area contributed by atoms with E-state index < -0.39 is 14.9 Å². The molecule has 0 unspecified atom stereocenters. The van der Waals surface area contributed by atoms with Gasteiger partial charge in [0.1, 0.15) is 4.90 Å². The van der Waals surface area contributed by atoms with Gasteiger partial charge in [-0.3, -0.25) is 20.3 Å². The Hall–Kier alpha value is -3.15. The van der Waals surface area contributed by atoms with Crippen molar-refractivity contribution in [3.05, 3.63) is 63.7 Å². The Bertz CT molecular complexity index is 1160. The van der Waals surface area contributed by atoms with Gasteiger partial charge in [0.05, 0.1) is 36.0 Å². The van der Waals surface area contributed by atoms with Crippen LogP contribution in [0.1, 0.15) is 22.3 Å². The highest BCUT2D eigenvalue weighted by molar-refractivity contribution is 7.89. The van der Waals surface area contributed by atoms with Gasteiger partial charge in [-0.2, -0.15) is 9.41 Å². The maximum atomic E-state index is 13.1. The standard InChI is InChI=1S/C19H18N4O6S/c24-18-12-17(14-3-1-2-4-15(14)18)21-20-16-6-5-13(23(25)26)11-19(16)30(27,28)22-7-9-29-10-8-22/h1-6,11,20H,7-10,12H2. The lowest BCUT2D eigenvalue weighted by atomic mass is 10.1. The van der Waals surface area contributed by atoms with E-state index in [1.165, 1.54) is 16.4 Å². The maximum absolute atomic E-state index is 13.1. The maximum Gasteiger partial charge on any atom is 0.270 e. The van der Waals surface area contributed by atoms with Crippen LogP contribution in [0.3, 0.4) is 0 Å². The first-order chi connectivity index (χ1) is 14.4. The zero-order chi connectivity index (χ0) is 21.3. The molecule has 0 amide bonds. The summed E-state index contributed by atoms with van der Waals surface area (Å²) in [5.74, 6) is -0.0731. The Labute approximate surface area is 172 Å². The predicted octanol–water partition coefficient (Wildman–Crippen LogP) is 2.02. The average molecular weight is 430 g/mol. The number of ketones is 1. The summed E-state index contributed by atoms with van der Waals surface area (Å²) < 4.78 is 32.7. The van der Waals surface area contributed by atoms with E-state index in [2.05, 4.69) is 10.5 Å². The van der Waals surface area contributed by atoms with Crippen molar-refractivity contribution in [3.63, 3.8) is 0 Å². The first-order valence-corrected chi connectivity index (χ1v) is 10.6. The lowest BCUT2D eigenvalue weighted by Gasteiger charge is -2.26. The van der Waals surface area contributed by atoms with E-state index >= 15 is 0 Å². The molecule has 2 aromatic carbocycles. The van der Waals surface area contributed by atoms with E-state index in [4.69, 9.17) is 4.74 Å². The summed E-state index contributed by atoms with van der Waals surface area (Å²) >= 11 is 0. The van der Waals surface area contributed by atoms with Gasteiger partial charge in [0.15, 0.2) is 5.78 Å². The van der Waals surface area contributed by atoms with Gasteiger partial charge in [0.25, 0.3) is 5.69 Å². The number of fused-ring (bicyclic) bond motifs is 1. The van der Waals surface area contributed by atoms with E-state index in [9.17, 15) is 23.3 Å². The van der Waals surface area contributed by atoms with Crippen LogP contribution in [0, 0.1) is 10.1 Å². The van der Waals surface area contributed by atoms with Gasteiger partial charge in [-0.1, -0.05) is 24.3 Å². The van der Waals surface area contributed by atoms with Gasteiger partial charge in [-0.25, -0.2) is 8.42 Å². The summed E-state index contributed by atoms with van der Waals surface area (Å²) in [6.45, 7) is 0.804. The topological polar surface area (TPSA) is 131 Å². The Morgan fingerprint density at radius 2 is 1.80 bits per heavy atom. The monoisotopic (exact) mass is 430 g/mol. The molecule has 0 spiro atoms. The SMILES string of the molecule is O=C1CC(=NNc2ccc([N+](=O)[O-])cc2S(=O)(=O)N2CCOCC2)c2ccccc21. The fourth-order valence-corrected chi connectivity index (χ4v) is 4.97. The zero-order valence-corrected chi connectivity index (χ0v) is 16.6. The molecule has 1 aliphatic carbocycles. The number of hydrogen-bond acceptors (Lipinski definition) is 8. The zero-order valence-electron chi connectivity index (χ0n) is 15.8. The Morgan fingerprint density at radius 3 is 2.50 bits per heavy atom. The number of nitro benzene ring substituents is 1. The second-order valence-electron chi connectivity index (χ2n) is 6.77. The van der Waals surface area contributed by atoms with E-state index in [0.29, 0.717) is 16.8 Å². The van der Waals surface area contributed by atoms with E-state index in [1.807, 2.05) is 0 Å². The highest BCUT2D eigenvalue weighted by Gasteiger charge is 2.31. The van der Waals surface area contributed by atoms with Gasteiger partial charge in [-0.15, -0.1) is 0 Å². The molecule has 0 aromatic heterocycles. The molecule has 4 rings (SSSR count). The van der Waals surface area contributed by atoms with Crippen LogP contribution in [-0.2, 0) is 14.8 Å². The van der Waals surface area contributed by atoms with Crippen LogP contribution in [-0.4, -0.2) is 55.4 Å². The molecule has 0 radical (unpaired) electrons. The third kappa shape index (κ3) is 3.70. The summed E-state index contributed by atoms with van der Waals surface area (Å²) in [5.41, 5.74) is 4.16. The average Bonchev–Trinajstić information content (AvgIpc) is 3.08. The number of nitrogens with zero attached hydrogens (tertiary/aromatic N) is 3. The van der Waals surface area contributed by atoms with E-state index in [1.54, 1.807) is 24.3 Å². The van der Waals surface area contributed by atoms with Crippen LogP contribution in [0.25, 0.3) is 0 Å². The quantitative estimate of drug-likeness (QED) is 0.567. The number of ether oxygens (including phenoxy) is 1. The molecular formula is C19H18N4O6S. The molecule has 11 heteroatoms. The van der Waals surface area contributed by atoms with Crippen molar-refractivity contribution in [2.75, 3.05) is 31.7 Å². The van der Waals surface area contributed by atoms with Crippen LogP contribution in [0.5, 0.6) is 0 Å². The molecule has 0 saturated carbocycles. The number of hydrazone groups is 1. The van der Waals surface area contributed by atoms with Crippen LogP contribution in [0.4, 0.5) is 11.4 Å². The number of sulfonamides is 1. The summed E-state index contributed by atoms with van der Waals surface area (Å²) in [6, 6.07) is 10.5. The summed E-state index contributed by atoms with van der Waals surface area (Å²) in [4.78, 5) is 22.4. The van der Waals surface area contributed by atoms with Crippen molar-refractivity contribution in [1.29, 1.82) is 0 Å². The number of Topliss-reactive ketones (excluding diaryl/α,β-unsaturated/α-hetero) is 1. The highest BCUT2D eigenvalue weighted by Crippen LogP contribution is 2.30. The second-order valence-corrected chi connectivity index (χ2v) is 8.68. The smallest absolute Gasteiger partial charge is 0.270 e. The van der Waals surface area contributed by atoms with E-state index in [0.717, 1.165) is 6.07 Å². The van der Waals surface area contributed by atoms with Crippen LogP contribution < -0.4 is 5.43 Å². The van der Waals surface area contributed by atoms with E-state index in [-0.39, 0.29) is 54.8 Å².